The van der Waals surface area contributed by atoms with E-state index in [4.69, 9.17) is 4.74 Å². The molecule has 0 saturated heterocycles. The van der Waals surface area contributed by atoms with E-state index >= 15 is 0 Å². The largest absolute Gasteiger partial charge is 0.372 e. The predicted octanol–water partition coefficient (Wildman–Crippen LogP) is 1.40. The second kappa shape index (κ2) is 6.13. The maximum absolute atomic E-state index is 12.4. The first-order chi connectivity index (χ1) is 10.6. The highest BCUT2D eigenvalue weighted by atomic mass is 32.1. The van der Waals surface area contributed by atoms with Gasteiger partial charge in [-0.2, -0.15) is 5.10 Å². The van der Waals surface area contributed by atoms with E-state index in [2.05, 4.69) is 14.7 Å². The minimum atomic E-state index is -0.0689. The highest BCUT2D eigenvalue weighted by Crippen LogP contribution is 2.24. The molecule has 1 amide bonds. The van der Waals surface area contributed by atoms with Gasteiger partial charge in [0, 0.05) is 24.5 Å². The Hall–Kier alpha value is -1.80. The molecule has 118 valence electrons. The highest BCUT2D eigenvalue weighted by molar-refractivity contribution is 7.03. The number of hydrogen-bond acceptors (Lipinski definition) is 6. The molecule has 7 nitrogen and oxygen atoms in total. The van der Waals surface area contributed by atoms with E-state index in [9.17, 15) is 4.79 Å². The summed E-state index contributed by atoms with van der Waals surface area (Å²) < 4.78 is 11.3. The number of fused-ring (bicyclic) bond motifs is 1. The number of aromatic nitrogens is 4. The number of aryl methyl sites for hydroxylation is 1. The molecule has 1 aliphatic heterocycles. The van der Waals surface area contributed by atoms with Crippen LogP contribution in [0.1, 0.15) is 41.3 Å². The van der Waals surface area contributed by atoms with Gasteiger partial charge in [-0.15, -0.1) is 5.10 Å². The van der Waals surface area contributed by atoms with Crippen molar-refractivity contribution in [2.45, 2.75) is 39.5 Å². The van der Waals surface area contributed by atoms with E-state index in [0.29, 0.717) is 25.4 Å². The van der Waals surface area contributed by atoms with Gasteiger partial charge in [-0.3, -0.25) is 9.48 Å². The summed E-state index contributed by atoms with van der Waals surface area (Å²) in [5, 5.41) is 10.1. The quantitative estimate of drug-likeness (QED) is 0.851. The smallest absolute Gasteiger partial charge is 0.275 e. The molecule has 2 aromatic heterocycles. The monoisotopic (exact) mass is 321 g/mol. The van der Waals surface area contributed by atoms with Crippen LogP contribution in [0.25, 0.3) is 0 Å². The van der Waals surface area contributed by atoms with Crippen molar-refractivity contribution in [3.05, 3.63) is 28.0 Å². The zero-order valence-corrected chi connectivity index (χ0v) is 13.8. The Balaban J connectivity index is 1.77. The third-order valence-electron chi connectivity index (χ3n) is 3.75. The van der Waals surface area contributed by atoms with Crippen molar-refractivity contribution in [3.63, 3.8) is 0 Å². The molecule has 0 unspecified atom stereocenters. The fraction of sp³-hybridized carbons (Fsp3) is 0.571. The Kier molecular flexibility index (Phi) is 4.21. The average Bonchev–Trinajstić information content (AvgIpc) is 3.13. The van der Waals surface area contributed by atoms with Gasteiger partial charge in [0.1, 0.15) is 0 Å². The van der Waals surface area contributed by atoms with Crippen molar-refractivity contribution in [3.8, 4) is 0 Å². The normalized spacial score (nSPS) is 14.5. The number of hydrogen-bond donors (Lipinski definition) is 0. The summed E-state index contributed by atoms with van der Waals surface area (Å²) in [6.45, 7) is 5.76. The van der Waals surface area contributed by atoms with E-state index in [0.717, 1.165) is 17.8 Å². The Morgan fingerprint density at radius 1 is 1.50 bits per heavy atom. The Morgan fingerprint density at radius 2 is 2.32 bits per heavy atom. The van der Waals surface area contributed by atoms with Crippen LogP contribution in [0.2, 0.25) is 0 Å². The minimum Gasteiger partial charge on any atom is -0.372 e. The van der Waals surface area contributed by atoms with Crippen molar-refractivity contribution in [2.24, 2.45) is 7.05 Å². The van der Waals surface area contributed by atoms with Crippen LogP contribution in [0.5, 0.6) is 0 Å². The molecular formula is C14H19N5O2S. The summed E-state index contributed by atoms with van der Waals surface area (Å²) in [4.78, 5) is 14.2. The first-order valence-electron chi connectivity index (χ1n) is 7.27. The minimum absolute atomic E-state index is 0.0689. The van der Waals surface area contributed by atoms with Crippen molar-refractivity contribution in [2.75, 3.05) is 6.54 Å². The van der Waals surface area contributed by atoms with Gasteiger partial charge >= 0.3 is 0 Å². The van der Waals surface area contributed by atoms with E-state index in [1.54, 1.807) is 10.3 Å². The van der Waals surface area contributed by atoms with Crippen molar-refractivity contribution in [1.29, 1.82) is 0 Å². The van der Waals surface area contributed by atoms with Gasteiger partial charge in [0.15, 0.2) is 5.69 Å². The van der Waals surface area contributed by atoms with Crippen LogP contribution in [0.15, 0.2) is 5.38 Å². The maximum atomic E-state index is 12.4. The van der Waals surface area contributed by atoms with Crippen LogP contribution >= 0.6 is 11.5 Å². The lowest BCUT2D eigenvalue weighted by Crippen LogP contribution is -2.36. The second-order valence-corrected chi connectivity index (χ2v) is 6.23. The third kappa shape index (κ3) is 2.89. The van der Waals surface area contributed by atoms with Gasteiger partial charge in [0.05, 0.1) is 30.6 Å². The molecule has 0 spiro atoms. The molecule has 0 radical (unpaired) electrons. The standard InChI is InChI=1S/C14H19N5O2S/c1-9(2)21-7-11-10-4-5-19(6-13(10)18(3)16-11)14(20)12-8-22-17-15-12/h8-9H,4-7H2,1-3H3. The zero-order chi connectivity index (χ0) is 15.7. The lowest BCUT2D eigenvalue weighted by Gasteiger charge is -2.27. The summed E-state index contributed by atoms with van der Waals surface area (Å²) in [5.74, 6) is -0.0689. The van der Waals surface area contributed by atoms with E-state index in [1.165, 1.54) is 17.1 Å². The molecule has 0 aromatic carbocycles. The molecule has 8 heteroatoms. The summed E-state index contributed by atoms with van der Waals surface area (Å²) in [6, 6.07) is 0. The van der Waals surface area contributed by atoms with E-state index in [-0.39, 0.29) is 12.0 Å². The highest BCUT2D eigenvalue weighted by Gasteiger charge is 2.28. The molecule has 0 fully saturated rings. The first kappa shape index (κ1) is 15.1. The molecule has 0 aliphatic carbocycles. The Bertz CT molecular complexity index is 665. The molecule has 0 saturated carbocycles. The molecule has 2 aromatic rings. The fourth-order valence-corrected chi connectivity index (χ4v) is 3.04. The number of carbonyl (C=O) groups is 1. The van der Waals surface area contributed by atoms with E-state index in [1.807, 2.05) is 25.6 Å². The van der Waals surface area contributed by atoms with Crippen molar-refractivity contribution in [1.82, 2.24) is 24.3 Å². The number of carbonyl (C=O) groups excluding carboxylic acids is 1. The molecule has 0 atom stereocenters. The summed E-state index contributed by atoms with van der Waals surface area (Å²) >= 11 is 1.19. The number of nitrogens with zero attached hydrogens (tertiary/aromatic N) is 5. The summed E-state index contributed by atoms with van der Waals surface area (Å²) in [5.41, 5.74) is 3.68. The van der Waals surface area contributed by atoms with Crippen LogP contribution in [-0.2, 0) is 31.4 Å². The molecule has 1 aliphatic rings. The van der Waals surface area contributed by atoms with Crippen LogP contribution in [-0.4, -0.2) is 42.8 Å². The number of amides is 1. The first-order valence-corrected chi connectivity index (χ1v) is 8.11. The van der Waals surface area contributed by atoms with Crippen LogP contribution in [0.3, 0.4) is 0 Å². The van der Waals surface area contributed by atoms with Crippen LogP contribution < -0.4 is 0 Å². The SMILES string of the molecule is CC(C)OCc1nn(C)c2c1CCN(C(=O)c1csnn1)C2. The average molecular weight is 321 g/mol. The molecule has 0 bridgehead atoms. The van der Waals surface area contributed by atoms with Crippen molar-refractivity contribution < 1.29 is 9.53 Å². The van der Waals surface area contributed by atoms with Crippen molar-refractivity contribution >= 4 is 17.4 Å². The van der Waals surface area contributed by atoms with Gasteiger partial charge < -0.3 is 9.64 Å². The summed E-state index contributed by atoms with van der Waals surface area (Å²) in [7, 11) is 1.91. The van der Waals surface area contributed by atoms with Gasteiger partial charge in [-0.25, -0.2) is 0 Å². The molecule has 3 heterocycles. The third-order valence-corrected chi connectivity index (χ3v) is 4.25. The molecule has 0 N–H and O–H groups in total. The zero-order valence-electron chi connectivity index (χ0n) is 12.9. The Labute approximate surface area is 133 Å². The van der Waals surface area contributed by atoms with Gasteiger partial charge in [0.2, 0.25) is 0 Å². The second-order valence-electron chi connectivity index (χ2n) is 5.62. The molecule has 22 heavy (non-hydrogen) atoms. The number of rotatable bonds is 4. The van der Waals surface area contributed by atoms with Gasteiger partial charge in [-0.05, 0) is 31.8 Å². The van der Waals surface area contributed by atoms with Crippen LogP contribution in [0, 0.1) is 0 Å². The van der Waals surface area contributed by atoms with Gasteiger partial charge in [0.25, 0.3) is 5.91 Å². The van der Waals surface area contributed by atoms with Gasteiger partial charge in [-0.1, -0.05) is 4.49 Å². The predicted molar refractivity (Wildman–Crippen MR) is 81.5 cm³/mol. The lowest BCUT2D eigenvalue weighted by molar-refractivity contribution is 0.0626. The summed E-state index contributed by atoms with van der Waals surface area (Å²) in [6.07, 6.45) is 0.972. The number of ether oxygens (including phenoxy) is 1. The molecular weight excluding hydrogens is 302 g/mol. The van der Waals surface area contributed by atoms with Crippen LogP contribution in [0.4, 0.5) is 0 Å². The fourth-order valence-electron chi connectivity index (χ4n) is 2.61. The topological polar surface area (TPSA) is 73.1 Å². The maximum Gasteiger partial charge on any atom is 0.275 e. The lowest BCUT2D eigenvalue weighted by atomic mass is 10.0. The van der Waals surface area contributed by atoms with E-state index < -0.39 is 0 Å². The Morgan fingerprint density at radius 3 is 3.00 bits per heavy atom. The molecule has 3 rings (SSSR count).